The maximum absolute atomic E-state index is 13.0. The molecule has 1 saturated carbocycles. The number of nitrogens with zero attached hydrogens (tertiary/aromatic N) is 3. The van der Waals surface area contributed by atoms with Gasteiger partial charge >= 0.3 is 6.03 Å². The van der Waals surface area contributed by atoms with E-state index in [-0.39, 0.29) is 11.9 Å². The molecule has 0 unspecified atom stereocenters. The molecule has 1 aromatic rings. The number of carbonyl (C=O) groups excluding carboxylic acids is 2. The molecule has 1 saturated heterocycles. The third-order valence-corrected chi connectivity index (χ3v) is 6.19. The van der Waals surface area contributed by atoms with E-state index in [1.54, 1.807) is 11.3 Å². The van der Waals surface area contributed by atoms with Crippen LogP contribution < -0.4 is 0 Å². The predicted octanol–water partition coefficient (Wildman–Crippen LogP) is 3.41. The molecule has 138 valence electrons. The van der Waals surface area contributed by atoms with E-state index in [1.807, 2.05) is 29.7 Å². The van der Waals surface area contributed by atoms with Crippen molar-refractivity contribution in [2.75, 3.05) is 26.2 Å². The highest BCUT2D eigenvalue weighted by Crippen LogP contribution is 2.32. The van der Waals surface area contributed by atoms with Crippen LogP contribution in [0.15, 0.2) is 17.5 Å². The van der Waals surface area contributed by atoms with Crippen LogP contribution in [0, 0.1) is 5.92 Å². The summed E-state index contributed by atoms with van der Waals surface area (Å²) in [6, 6.07) is 4.71. The average molecular weight is 364 g/mol. The molecule has 0 N–H and O–H groups in total. The Morgan fingerprint density at radius 3 is 2.36 bits per heavy atom. The highest BCUT2D eigenvalue weighted by molar-refractivity contribution is 7.09. The van der Waals surface area contributed by atoms with E-state index < -0.39 is 0 Å². The third-order valence-electron chi connectivity index (χ3n) is 5.33. The molecular weight excluding hydrogens is 334 g/mol. The van der Waals surface area contributed by atoms with Gasteiger partial charge in [-0.05, 0) is 51.0 Å². The van der Waals surface area contributed by atoms with Gasteiger partial charge in [-0.15, -0.1) is 11.3 Å². The normalized spacial score (nSPS) is 18.2. The van der Waals surface area contributed by atoms with Crippen LogP contribution in [-0.2, 0) is 11.3 Å². The second-order valence-corrected chi connectivity index (χ2v) is 8.03. The number of thiophene rings is 1. The van der Waals surface area contributed by atoms with Crippen LogP contribution >= 0.6 is 11.3 Å². The number of amides is 3. The summed E-state index contributed by atoms with van der Waals surface area (Å²) in [5.41, 5.74) is 0. The summed E-state index contributed by atoms with van der Waals surface area (Å²) in [5, 5.41) is 2.07. The van der Waals surface area contributed by atoms with Crippen molar-refractivity contribution in [2.45, 2.75) is 52.1 Å². The molecule has 2 aliphatic rings. The van der Waals surface area contributed by atoms with E-state index in [9.17, 15) is 9.59 Å². The van der Waals surface area contributed by atoms with Crippen molar-refractivity contribution in [2.24, 2.45) is 5.92 Å². The summed E-state index contributed by atoms with van der Waals surface area (Å²) in [6.07, 6.45) is 3.85. The van der Waals surface area contributed by atoms with Crippen LogP contribution in [0.1, 0.15) is 44.4 Å². The summed E-state index contributed by atoms with van der Waals surface area (Å²) in [5.74, 6) is 0.368. The monoisotopic (exact) mass is 363 g/mol. The zero-order valence-corrected chi connectivity index (χ0v) is 16.1. The Bertz CT molecular complexity index is 573. The number of rotatable bonds is 6. The number of piperidine rings is 1. The largest absolute Gasteiger partial charge is 0.334 e. The molecule has 0 bridgehead atoms. The van der Waals surface area contributed by atoms with Crippen LogP contribution in [0.5, 0.6) is 0 Å². The molecule has 25 heavy (non-hydrogen) atoms. The van der Waals surface area contributed by atoms with Crippen LogP contribution in [0.25, 0.3) is 0 Å². The molecule has 0 spiro atoms. The Morgan fingerprint density at radius 2 is 1.84 bits per heavy atom. The van der Waals surface area contributed by atoms with E-state index >= 15 is 0 Å². The molecule has 3 rings (SSSR count). The number of carbonyl (C=O) groups is 2. The predicted molar refractivity (Wildman–Crippen MR) is 101 cm³/mol. The maximum atomic E-state index is 13.0. The molecule has 0 radical (unpaired) electrons. The van der Waals surface area contributed by atoms with Crippen LogP contribution in [0.2, 0.25) is 0 Å². The Labute approximate surface area is 154 Å². The minimum Gasteiger partial charge on any atom is -0.334 e. The van der Waals surface area contributed by atoms with Crippen molar-refractivity contribution in [1.29, 1.82) is 0 Å². The molecular formula is C19H29N3O2S. The standard InChI is InChI=1S/C19H29N3O2S/c1-3-20(4-2)19(24)21-11-9-15(10-12-21)18(23)22(16-7-8-16)14-17-6-5-13-25-17/h5-6,13,15-16H,3-4,7-12,14H2,1-2H3. The molecule has 0 atom stereocenters. The van der Waals surface area contributed by atoms with Crippen LogP contribution in [-0.4, -0.2) is 58.9 Å². The van der Waals surface area contributed by atoms with E-state index in [1.165, 1.54) is 4.88 Å². The molecule has 2 fully saturated rings. The van der Waals surface area contributed by atoms with Gasteiger partial charge in [0.2, 0.25) is 5.91 Å². The van der Waals surface area contributed by atoms with E-state index in [2.05, 4.69) is 16.3 Å². The molecule has 2 heterocycles. The van der Waals surface area contributed by atoms with Crippen molar-refractivity contribution in [1.82, 2.24) is 14.7 Å². The molecule has 3 amide bonds. The van der Waals surface area contributed by atoms with Gasteiger partial charge in [-0.25, -0.2) is 4.79 Å². The van der Waals surface area contributed by atoms with Crippen molar-refractivity contribution in [3.8, 4) is 0 Å². The Morgan fingerprint density at radius 1 is 1.16 bits per heavy atom. The van der Waals surface area contributed by atoms with Gasteiger partial charge in [0.25, 0.3) is 0 Å². The Balaban J connectivity index is 1.56. The van der Waals surface area contributed by atoms with Gasteiger partial charge in [-0.2, -0.15) is 0 Å². The first kappa shape index (κ1) is 18.2. The third kappa shape index (κ3) is 4.35. The molecule has 5 nitrogen and oxygen atoms in total. The zero-order chi connectivity index (χ0) is 17.8. The van der Waals surface area contributed by atoms with Gasteiger partial charge in [0.15, 0.2) is 0 Å². The fourth-order valence-electron chi connectivity index (χ4n) is 3.59. The lowest BCUT2D eigenvalue weighted by molar-refractivity contribution is -0.138. The summed E-state index contributed by atoms with van der Waals surface area (Å²) >= 11 is 1.72. The van der Waals surface area contributed by atoms with E-state index in [4.69, 9.17) is 0 Å². The van der Waals surface area contributed by atoms with Gasteiger partial charge in [-0.3, -0.25) is 4.79 Å². The Hall–Kier alpha value is -1.56. The summed E-state index contributed by atoms with van der Waals surface area (Å²) in [4.78, 5) is 32.6. The van der Waals surface area contributed by atoms with Gasteiger partial charge < -0.3 is 14.7 Å². The first-order valence-electron chi connectivity index (χ1n) is 9.50. The fourth-order valence-corrected chi connectivity index (χ4v) is 4.29. The first-order valence-corrected chi connectivity index (χ1v) is 10.4. The van der Waals surface area contributed by atoms with Crippen molar-refractivity contribution in [3.63, 3.8) is 0 Å². The van der Waals surface area contributed by atoms with Gasteiger partial charge in [-0.1, -0.05) is 6.07 Å². The average Bonchev–Trinajstić information content (AvgIpc) is 3.36. The first-order chi connectivity index (χ1) is 12.1. The SMILES string of the molecule is CCN(CC)C(=O)N1CCC(C(=O)N(Cc2cccs2)C2CC2)CC1. The quantitative estimate of drug-likeness (QED) is 0.777. The van der Waals surface area contributed by atoms with Crippen molar-refractivity contribution in [3.05, 3.63) is 22.4 Å². The summed E-state index contributed by atoms with van der Waals surface area (Å²) in [7, 11) is 0. The highest BCUT2D eigenvalue weighted by Gasteiger charge is 2.37. The topological polar surface area (TPSA) is 43.9 Å². The zero-order valence-electron chi connectivity index (χ0n) is 15.3. The maximum Gasteiger partial charge on any atom is 0.319 e. The minimum atomic E-state index is 0.0707. The van der Waals surface area contributed by atoms with Crippen molar-refractivity contribution >= 4 is 23.3 Å². The van der Waals surface area contributed by atoms with Gasteiger partial charge in [0.1, 0.15) is 0 Å². The van der Waals surface area contributed by atoms with Crippen LogP contribution in [0.4, 0.5) is 4.79 Å². The lowest BCUT2D eigenvalue weighted by Gasteiger charge is -2.36. The van der Waals surface area contributed by atoms with E-state index in [0.717, 1.165) is 45.3 Å². The number of hydrogen-bond acceptors (Lipinski definition) is 3. The smallest absolute Gasteiger partial charge is 0.319 e. The van der Waals surface area contributed by atoms with E-state index in [0.29, 0.717) is 25.0 Å². The van der Waals surface area contributed by atoms with Gasteiger partial charge in [0.05, 0.1) is 6.54 Å². The lowest BCUT2D eigenvalue weighted by atomic mass is 9.95. The second-order valence-electron chi connectivity index (χ2n) is 6.99. The Kier molecular flexibility index (Phi) is 5.99. The number of urea groups is 1. The highest BCUT2D eigenvalue weighted by atomic mass is 32.1. The summed E-state index contributed by atoms with van der Waals surface area (Å²) < 4.78 is 0. The molecule has 1 aliphatic heterocycles. The molecule has 1 aliphatic carbocycles. The number of likely N-dealkylation sites (tertiary alicyclic amines) is 1. The second kappa shape index (κ2) is 8.21. The van der Waals surface area contributed by atoms with Crippen LogP contribution in [0.3, 0.4) is 0 Å². The fraction of sp³-hybridized carbons (Fsp3) is 0.684. The number of hydrogen-bond donors (Lipinski definition) is 0. The molecule has 1 aromatic heterocycles. The van der Waals surface area contributed by atoms with Crippen molar-refractivity contribution < 1.29 is 9.59 Å². The molecule has 0 aromatic carbocycles. The minimum absolute atomic E-state index is 0.0707. The summed E-state index contributed by atoms with van der Waals surface area (Å²) in [6.45, 7) is 7.65. The van der Waals surface area contributed by atoms with Gasteiger partial charge in [0, 0.05) is 43.0 Å². The lowest BCUT2D eigenvalue weighted by Crippen LogP contribution is -2.49. The molecule has 6 heteroatoms.